The summed E-state index contributed by atoms with van der Waals surface area (Å²) in [6.45, 7) is -0.181. The van der Waals surface area contributed by atoms with E-state index in [4.69, 9.17) is 0 Å². The second-order valence-corrected chi connectivity index (χ2v) is 6.53. The van der Waals surface area contributed by atoms with Crippen molar-refractivity contribution in [2.24, 2.45) is 0 Å². The third-order valence-electron chi connectivity index (χ3n) is 4.75. The number of benzene rings is 1. The number of nitrogens with zero attached hydrogens (tertiary/aromatic N) is 4. The predicted octanol–water partition coefficient (Wildman–Crippen LogP) is 3.46. The summed E-state index contributed by atoms with van der Waals surface area (Å²) >= 11 is 0. The average molecular weight is 378 g/mol. The van der Waals surface area contributed by atoms with Crippen molar-refractivity contribution in [2.45, 2.75) is 18.3 Å². The van der Waals surface area contributed by atoms with Crippen LogP contribution in [0, 0.1) is 0 Å². The zero-order valence-electron chi connectivity index (χ0n) is 13.9. The van der Waals surface area contributed by atoms with E-state index in [0.717, 1.165) is 12.1 Å². The fourth-order valence-electron chi connectivity index (χ4n) is 3.29. The highest BCUT2D eigenvalue weighted by atomic mass is 19.4. The number of pyridine rings is 1. The van der Waals surface area contributed by atoms with E-state index in [1.54, 1.807) is 22.7 Å². The molecule has 0 N–H and O–H groups in total. The minimum Gasteiger partial charge on any atom is -0.335 e. The summed E-state index contributed by atoms with van der Waals surface area (Å²) in [6.07, 6.45) is -1.62. The van der Waals surface area contributed by atoms with Gasteiger partial charge in [0, 0.05) is 19.2 Å². The first-order chi connectivity index (χ1) is 12.8. The van der Waals surface area contributed by atoms with Crippen molar-refractivity contribution in [1.29, 1.82) is 0 Å². The van der Waals surface area contributed by atoms with Crippen LogP contribution in [0.3, 0.4) is 0 Å². The summed E-state index contributed by atoms with van der Waals surface area (Å²) < 4.78 is 55.6. The third-order valence-corrected chi connectivity index (χ3v) is 4.75. The molecule has 140 valence electrons. The molecular weight excluding hydrogens is 364 g/mol. The van der Waals surface area contributed by atoms with Crippen molar-refractivity contribution in [2.75, 3.05) is 13.1 Å². The highest BCUT2D eigenvalue weighted by Crippen LogP contribution is 2.39. The molecule has 0 bridgehead atoms. The molecular formula is C18H14F4N4O. The molecule has 3 aromatic rings. The van der Waals surface area contributed by atoms with Gasteiger partial charge in [-0.25, -0.2) is 4.39 Å². The van der Waals surface area contributed by atoms with Gasteiger partial charge < -0.3 is 4.90 Å². The number of alkyl halides is 4. The van der Waals surface area contributed by atoms with Crippen LogP contribution >= 0.6 is 0 Å². The number of halogens is 4. The zero-order valence-corrected chi connectivity index (χ0v) is 13.9. The lowest BCUT2D eigenvalue weighted by Gasteiger charge is -2.22. The smallest absolute Gasteiger partial charge is 0.335 e. The largest absolute Gasteiger partial charge is 0.416 e. The van der Waals surface area contributed by atoms with E-state index < -0.39 is 23.3 Å². The fraction of sp³-hybridized carbons (Fsp3) is 0.278. The van der Waals surface area contributed by atoms with Gasteiger partial charge in [0.05, 0.1) is 17.7 Å². The minimum absolute atomic E-state index is 0.0606. The number of carbonyl (C=O) groups is 1. The van der Waals surface area contributed by atoms with Crippen LogP contribution in [0.2, 0.25) is 0 Å². The average Bonchev–Trinajstić information content (AvgIpc) is 3.27. The van der Waals surface area contributed by atoms with Crippen molar-refractivity contribution in [3.8, 4) is 0 Å². The van der Waals surface area contributed by atoms with Crippen molar-refractivity contribution in [1.82, 2.24) is 19.5 Å². The molecule has 2 aromatic heterocycles. The lowest BCUT2D eigenvalue weighted by atomic mass is 9.93. The van der Waals surface area contributed by atoms with Gasteiger partial charge in [-0.05, 0) is 29.8 Å². The highest BCUT2D eigenvalue weighted by Gasteiger charge is 2.43. The van der Waals surface area contributed by atoms with Gasteiger partial charge >= 0.3 is 6.18 Å². The van der Waals surface area contributed by atoms with E-state index in [9.17, 15) is 18.0 Å². The van der Waals surface area contributed by atoms with E-state index in [-0.39, 0.29) is 25.1 Å². The monoisotopic (exact) mass is 378 g/mol. The Morgan fingerprint density at radius 1 is 1.19 bits per heavy atom. The molecule has 0 aliphatic carbocycles. The summed E-state index contributed by atoms with van der Waals surface area (Å²) in [5.74, 6) is -0.392. The Hall–Kier alpha value is -2.97. The number of amides is 1. The molecule has 1 saturated heterocycles. The van der Waals surface area contributed by atoms with E-state index in [1.807, 2.05) is 0 Å². The summed E-state index contributed by atoms with van der Waals surface area (Å²) in [5.41, 5.74) is -2.09. The SMILES string of the molecule is O=C(c1ccc2nncn2c1)N1CC[C@](F)(c2cccc(C(F)(F)F)c2)C1. The van der Waals surface area contributed by atoms with Gasteiger partial charge in [0.25, 0.3) is 5.91 Å². The maximum atomic E-state index is 15.4. The highest BCUT2D eigenvalue weighted by molar-refractivity contribution is 5.94. The summed E-state index contributed by atoms with van der Waals surface area (Å²) in [4.78, 5) is 14.0. The molecule has 4 rings (SSSR count). The van der Waals surface area contributed by atoms with Gasteiger partial charge in [-0.3, -0.25) is 9.20 Å². The van der Waals surface area contributed by atoms with Gasteiger partial charge in [-0.1, -0.05) is 12.1 Å². The van der Waals surface area contributed by atoms with Crippen LogP contribution < -0.4 is 0 Å². The predicted molar refractivity (Wildman–Crippen MR) is 87.7 cm³/mol. The van der Waals surface area contributed by atoms with Gasteiger partial charge in [0.15, 0.2) is 11.3 Å². The molecule has 0 radical (unpaired) electrons. The van der Waals surface area contributed by atoms with Crippen LogP contribution in [0.25, 0.3) is 5.65 Å². The second-order valence-electron chi connectivity index (χ2n) is 6.53. The molecule has 0 saturated carbocycles. The Bertz CT molecular complexity index is 1020. The molecule has 9 heteroatoms. The first kappa shape index (κ1) is 17.4. The van der Waals surface area contributed by atoms with Crippen LogP contribution in [-0.4, -0.2) is 38.5 Å². The molecule has 27 heavy (non-hydrogen) atoms. The number of hydrogen-bond acceptors (Lipinski definition) is 3. The summed E-state index contributed by atoms with van der Waals surface area (Å²) in [7, 11) is 0. The number of fused-ring (bicyclic) bond motifs is 1. The molecule has 1 aliphatic heterocycles. The van der Waals surface area contributed by atoms with E-state index in [1.165, 1.54) is 23.4 Å². The maximum absolute atomic E-state index is 15.4. The summed E-state index contributed by atoms with van der Waals surface area (Å²) in [5, 5.41) is 7.57. The molecule has 3 heterocycles. The molecule has 5 nitrogen and oxygen atoms in total. The van der Waals surface area contributed by atoms with Crippen molar-refractivity contribution < 1.29 is 22.4 Å². The molecule has 0 unspecified atom stereocenters. The number of rotatable bonds is 2. The van der Waals surface area contributed by atoms with Crippen LogP contribution in [0.4, 0.5) is 17.6 Å². The lowest BCUT2D eigenvalue weighted by molar-refractivity contribution is -0.137. The Labute approximate surface area is 151 Å². The number of carbonyl (C=O) groups excluding carboxylic acids is 1. The van der Waals surface area contributed by atoms with Gasteiger partial charge in [-0.15, -0.1) is 10.2 Å². The minimum atomic E-state index is -4.55. The second kappa shape index (κ2) is 6.04. The number of likely N-dealkylation sites (tertiary alicyclic amines) is 1. The molecule has 1 atom stereocenters. The zero-order chi connectivity index (χ0) is 19.2. The van der Waals surface area contributed by atoms with E-state index in [2.05, 4.69) is 10.2 Å². The third kappa shape index (κ3) is 3.13. The van der Waals surface area contributed by atoms with Crippen LogP contribution in [0.5, 0.6) is 0 Å². The molecule has 1 aliphatic rings. The molecule has 0 spiro atoms. The Kier molecular flexibility index (Phi) is 3.90. The summed E-state index contributed by atoms with van der Waals surface area (Å²) in [6, 6.07) is 7.41. The normalized spacial score (nSPS) is 20.4. The Balaban J connectivity index is 1.57. The van der Waals surface area contributed by atoms with Crippen molar-refractivity contribution >= 4 is 11.6 Å². The quantitative estimate of drug-likeness (QED) is 0.642. The molecule has 1 aromatic carbocycles. The van der Waals surface area contributed by atoms with Crippen LogP contribution in [0.1, 0.15) is 27.9 Å². The topological polar surface area (TPSA) is 50.5 Å². The van der Waals surface area contributed by atoms with E-state index in [0.29, 0.717) is 11.2 Å². The number of aromatic nitrogens is 3. The van der Waals surface area contributed by atoms with E-state index >= 15 is 4.39 Å². The van der Waals surface area contributed by atoms with Crippen molar-refractivity contribution in [3.05, 3.63) is 65.6 Å². The first-order valence-corrected chi connectivity index (χ1v) is 8.22. The van der Waals surface area contributed by atoms with Gasteiger partial charge in [-0.2, -0.15) is 13.2 Å². The van der Waals surface area contributed by atoms with Gasteiger partial charge in [0.1, 0.15) is 6.33 Å². The fourth-order valence-corrected chi connectivity index (χ4v) is 3.29. The molecule has 1 fully saturated rings. The Morgan fingerprint density at radius 2 is 2.00 bits per heavy atom. The standard InChI is InChI=1S/C18H14F4N4O/c19-17(13-2-1-3-14(8-13)18(20,21)22)6-7-25(10-17)16(27)12-4-5-15-24-23-11-26(15)9-12/h1-5,8-9,11H,6-7,10H2/t17-/m1/s1. The van der Waals surface area contributed by atoms with Crippen LogP contribution in [0.15, 0.2) is 48.9 Å². The van der Waals surface area contributed by atoms with Gasteiger partial charge in [0.2, 0.25) is 0 Å². The van der Waals surface area contributed by atoms with Crippen LogP contribution in [-0.2, 0) is 11.8 Å². The molecule has 1 amide bonds. The Morgan fingerprint density at radius 3 is 2.78 bits per heavy atom. The lowest BCUT2D eigenvalue weighted by Crippen LogP contribution is -2.32. The number of hydrogen-bond donors (Lipinski definition) is 0. The van der Waals surface area contributed by atoms with Crippen molar-refractivity contribution in [3.63, 3.8) is 0 Å². The maximum Gasteiger partial charge on any atom is 0.416 e. The first-order valence-electron chi connectivity index (χ1n) is 8.22.